The van der Waals surface area contributed by atoms with Crippen LogP contribution in [0.3, 0.4) is 0 Å². The summed E-state index contributed by atoms with van der Waals surface area (Å²) in [6.45, 7) is 0.190. The number of ether oxygens (including phenoxy) is 2. The van der Waals surface area contributed by atoms with Gasteiger partial charge in [-0.05, 0) is 60.9 Å². The lowest BCUT2D eigenvalue weighted by atomic mass is 9.38. The second kappa shape index (κ2) is 9.16. The van der Waals surface area contributed by atoms with Crippen molar-refractivity contribution in [2.45, 2.75) is 37.6 Å². The van der Waals surface area contributed by atoms with Crippen molar-refractivity contribution >= 4 is 23.3 Å². The summed E-state index contributed by atoms with van der Waals surface area (Å²) < 4.78 is 37.3. The van der Waals surface area contributed by atoms with Crippen molar-refractivity contribution < 1.29 is 27.8 Å². The maximum absolute atomic E-state index is 13.4. The molecule has 0 unspecified atom stereocenters. The molecule has 0 spiro atoms. The number of benzene rings is 2. The van der Waals surface area contributed by atoms with Crippen LogP contribution in [0.2, 0.25) is 5.02 Å². The van der Waals surface area contributed by atoms with Gasteiger partial charge in [-0.3, -0.25) is 9.59 Å². The normalized spacial score (nSPS) is 23.1. The molecule has 3 aliphatic carbocycles. The van der Waals surface area contributed by atoms with Crippen LogP contribution in [-0.2, 0) is 20.7 Å². The minimum atomic E-state index is -0.603. The third-order valence-corrected chi connectivity index (χ3v) is 6.37. The highest BCUT2D eigenvalue weighted by Crippen LogP contribution is 2.68. The van der Waals surface area contributed by atoms with Gasteiger partial charge in [0, 0.05) is 18.0 Å². The highest BCUT2D eigenvalue weighted by Gasteiger charge is 2.68. The Balaban J connectivity index is 1.11. The molecule has 0 saturated heterocycles. The number of hydrogen-bond acceptors (Lipinski definition) is 4. The lowest BCUT2D eigenvalue weighted by Gasteiger charge is -2.70. The number of halogens is 3. The first-order valence-corrected chi connectivity index (χ1v) is 10.9. The molecular formula is C24H24ClF2NO4. The number of Topliss-reactive ketones (excluding diaryl/α,β-unsaturated/α-hetero) is 1. The van der Waals surface area contributed by atoms with E-state index in [1.807, 2.05) is 6.07 Å². The minimum Gasteiger partial charge on any atom is -0.484 e. The Hall–Kier alpha value is -2.51. The van der Waals surface area contributed by atoms with Gasteiger partial charge in [-0.25, -0.2) is 8.78 Å². The van der Waals surface area contributed by atoms with Crippen molar-refractivity contribution in [3.63, 3.8) is 0 Å². The molecule has 0 heterocycles. The maximum atomic E-state index is 13.4. The molecule has 3 aliphatic rings. The van der Waals surface area contributed by atoms with Crippen molar-refractivity contribution in [2.24, 2.45) is 5.41 Å². The van der Waals surface area contributed by atoms with Crippen LogP contribution < -0.4 is 10.1 Å². The van der Waals surface area contributed by atoms with Crippen LogP contribution in [0.25, 0.3) is 0 Å². The Bertz CT molecular complexity index is 1010. The van der Waals surface area contributed by atoms with E-state index in [2.05, 4.69) is 5.32 Å². The van der Waals surface area contributed by atoms with E-state index >= 15 is 0 Å². The molecular weight excluding hydrogens is 440 g/mol. The molecule has 3 fully saturated rings. The molecule has 32 heavy (non-hydrogen) atoms. The molecule has 1 N–H and O–H groups in total. The predicted octanol–water partition coefficient (Wildman–Crippen LogP) is 4.25. The molecule has 8 heteroatoms. The Kier molecular flexibility index (Phi) is 6.49. The van der Waals surface area contributed by atoms with E-state index in [4.69, 9.17) is 21.1 Å². The fourth-order valence-electron chi connectivity index (χ4n) is 4.90. The molecule has 170 valence electrons. The van der Waals surface area contributed by atoms with Gasteiger partial charge in [0.2, 0.25) is 0 Å². The summed E-state index contributed by atoms with van der Waals surface area (Å²) in [5.41, 5.74) is 0.528. The van der Waals surface area contributed by atoms with Crippen LogP contribution >= 0.6 is 11.6 Å². The van der Waals surface area contributed by atoms with Gasteiger partial charge in [-0.15, -0.1) is 0 Å². The fraction of sp³-hybridized carbons (Fsp3) is 0.417. The average molecular weight is 464 g/mol. The lowest BCUT2D eigenvalue weighted by molar-refractivity contribution is -0.174. The van der Waals surface area contributed by atoms with Crippen LogP contribution in [0.4, 0.5) is 8.78 Å². The first kappa shape index (κ1) is 22.7. The quantitative estimate of drug-likeness (QED) is 0.506. The van der Waals surface area contributed by atoms with Gasteiger partial charge in [0.15, 0.2) is 12.4 Å². The number of ketones is 1. The number of rotatable bonds is 11. The molecule has 3 saturated carbocycles. The van der Waals surface area contributed by atoms with Gasteiger partial charge in [0.05, 0.1) is 11.6 Å². The zero-order valence-corrected chi connectivity index (χ0v) is 18.2. The highest BCUT2D eigenvalue weighted by atomic mass is 35.5. The number of carbonyl (C=O) groups is 2. The van der Waals surface area contributed by atoms with E-state index in [9.17, 15) is 18.4 Å². The Labute approximate surface area is 190 Å². The van der Waals surface area contributed by atoms with Crippen LogP contribution in [-0.4, -0.2) is 37.0 Å². The molecule has 2 aromatic rings. The van der Waals surface area contributed by atoms with Crippen molar-refractivity contribution in [1.82, 2.24) is 5.32 Å². The third kappa shape index (κ3) is 5.27. The molecule has 2 bridgehead atoms. The van der Waals surface area contributed by atoms with E-state index < -0.39 is 5.82 Å². The average Bonchev–Trinajstić information content (AvgIpc) is 2.70. The summed E-state index contributed by atoms with van der Waals surface area (Å²) in [6.07, 6.45) is 3.27. The molecule has 0 radical (unpaired) electrons. The molecule has 0 aliphatic heterocycles. The van der Waals surface area contributed by atoms with Crippen molar-refractivity contribution in [3.8, 4) is 5.75 Å². The SMILES string of the molecule is O=C(COCCc1cccc(F)c1)CC12CC(NC(=O)COc3ccc(Cl)c(F)c3)(C1)C2. The maximum Gasteiger partial charge on any atom is 0.258 e. The molecule has 1 amide bonds. The second-order valence-electron chi connectivity index (χ2n) is 8.87. The zero-order chi connectivity index (χ0) is 22.8. The first-order valence-electron chi connectivity index (χ1n) is 10.5. The van der Waals surface area contributed by atoms with E-state index in [0.29, 0.717) is 19.4 Å². The van der Waals surface area contributed by atoms with Gasteiger partial charge in [-0.1, -0.05) is 23.7 Å². The van der Waals surface area contributed by atoms with Crippen molar-refractivity contribution in [1.29, 1.82) is 0 Å². The highest BCUT2D eigenvalue weighted by molar-refractivity contribution is 6.30. The summed E-state index contributed by atoms with van der Waals surface area (Å²) in [7, 11) is 0. The molecule has 5 nitrogen and oxygen atoms in total. The number of amides is 1. The summed E-state index contributed by atoms with van der Waals surface area (Å²) in [4.78, 5) is 24.4. The third-order valence-electron chi connectivity index (χ3n) is 6.07. The van der Waals surface area contributed by atoms with E-state index in [-0.39, 0.29) is 52.4 Å². The van der Waals surface area contributed by atoms with Crippen LogP contribution in [0, 0.1) is 17.0 Å². The minimum absolute atomic E-state index is 0.00695. The van der Waals surface area contributed by atoms with E-state index in [0.717, 1.165) is 30.9 Å². The predicted molar refractivity (Wildman–Crippen MR) is 115 cm³/mol. The van der Waals surface area contributed by atoms with E-state index in [1.165, 1.54) is 24.3 Å². The Morgan fingerprint density at radius 1 is 1.06 bits per heavy atom. The summed E-state index contributed by atoms with van der Waals surface area (Å²) in [6, 6.07) is 10.3. The summed E-state index contributed by atoms with van der Waals surface area (Å²) in [5.74, 6) is -0.890. The lowest BCUT2D eigenvalue weighted by Crippen LogP contribution is -2.75. The first-order chi connectivity index (χ1) is 15.3. The van der Waals surface area contributed by atoms with Crippen molar-refractivity contribution in [3.05, 3.63) is 64.7 Å². The topological polar surface area (TPSA) is 64.6 Å². The summed E-state index contributed by atoms with van der Waals surface area (Å²) in [5, 5.41) is 2.96. The van der Waals surface area contributed by atoms with Crippen molar-refractivity contribution in [2.75, 3.05) is 19.8 Å². The molecule has 0 atom stereocenters. The standard InChI is InChI=1S/C24H24ClF2NO4/c25-20-5-4-19(9-21(20)27)32-12-22(30)28-24-13-23(14-24,15-24)10-18(29)11-31-7-6-16-2-1-3-17(26)8-16/h1-5,8-9H,6-7,10-15H2,(H,28,30). The van der Waals surface area contributed by atoms with Gasteiger partial charge < -0.3 is 14.8 Å². The molecule has 5 rings (SSSR count). The fourth-order valence-corrected chi connectivity index (χ4v) is 5.02. The van der Waals surface area contributed by atoms with Gasteiger partial charge >= 0.3 is 0 Å². The van der Waals surface area contributed by atoms with Crippen LogP contribution in [0.1, 0.15) is 31.2 Å². The Morgan fingerprint density at radius 2 is 1.84 bits per heavy atom. The smallest absolute Gasteiger partial charge is 0.258 e. The molecule has 2 aromatic carbocycles. The largest absolute Gasteiger partial charge is 0.484 e. The van der Waals surface area contributed by atoms with Crippen LogP contribution in [0.5, 0.6) is 5.75 Å². The number of hydrogen-bond donors (Lipinski definition) is 1. The number of nitrogens with one attached hydrogen (secondary N) is 1. The number of carbonyl (C=O) groups excluding carboxylic acids is 2. The van der Waals surface area contributed by atoms with Gasteiger partial charge in [0.25, 0.3) is 5.91 Å². The summed E-state index contributed by atoms with van der Waals surface area (Å²) >= 11 is 5.62. The Morgan fingerprint density at radius 3 is 2.56 bits per heavy atom. The van der Waals surface area contributed by atoms with Gasteiger partial charge in [0.1, 0.15) is 24.0 Å². The zero-order valence-electron chi connectivity index (χ0n) is 17.5. The van der Waals surface area contributed by atoms with Gasteiger partial charge in [-0.2, -0.15) is 0 Å². The van der Waals surface area contributed by atoms with E-state index in [1.54, 1.807) is 6.07 Å². The molecule has 0 aromatic heterocycles. The van der Waals surface area contributed by atoms with Crippen LogP contribution in [0.15, 0.2) is 42.5 Å². The monoisotopic (exact) mass is 463 g/mol. The second-order valence-corrected chi connectivity index (χ2v) is 9.28.